The van der Waals surface area contributed by atoms with Crippen LogP contribution in [0, 0.1) is 5.41 Å². The minimum atomic E-state index is -3.74. The number of nitrogens with two attached hydrogens (primary N) is 1. The molecule has 1 aliphatic heterocycles. The van der Waals surface area contributed by atoms with Gasteiger partial charge in [-0.25, -0.2) is 13.4 Å². The Morgan fingerprint density at radius 1 is 1.33 bits per heavy atom. The van der Waals surface area contributed by atoms with Crippen molar-refractivity contribution in [1.82, 2.24) is 9.29 Å². The Labute approximate surface area is 106 Å². The van der Waals surface area contributed by atoms with Gasteiger partial charge in [0.25, 0.3) is 10.0 Å². The van der Waals surface area contributed by atoms with Gasteiger partial charge in [-0.3, -0.25) is 5.41 Å². The van der Waals surface area contributed by atoms with E-state index in [1.165, 1.54) is 16.6 Å². The molecule has 0 bridgehead atoms. The molecule has 0 amide bonds. The summed E-state index contributed by atoms with van der Waals surface area (Å²) < 4.78 is 25.9. The van der Waals surface area contributed by atoms with Crippen LogP contribution in [0.15, 0.2) is 18.3 Å². The number of hydrogen-bond donors (Lipinski definition) is 2. The third-order valence-corrected chi connectivity index (χ3v) is 4.78. The van der Waals surface area contributed by atoms with Gasteiger partial charge in [-0.15, -0.1) is 0 Å². The normalized spacial score (nSPS) is 17.6. The third-order valence-electron chi connectivity index (χ3n) is 3.00. The molecular weight excluding hydrogens is 252 g/mol. The molecule has 0 aromatic carbocycles. The van der Waals surface area contributed by atoms with Gasteiger partial charge in [0.15, 0.2) is 5.04 Å². The first kappa shape index (κ1) is 13.0. The molecule has 0 atom stereocenters. The van der Waals surface area contributed by atoms with Gasteiger partial charge in [-0.2, -0.15) is 4.31 Å². The molecule has 18 heavy (non-hydrogen) atoms. The second-order valence-electron chi connectivity index (χ2n) is 4.23. The number of anilines is 1. The average Bonchev–Trinajstić information content (AvgIpc) is 2.39. The van der Waals surface area contributed by atoms with Crippen LogP contribution in [-0.2, 0) is 10.0 Å². The fourth-order valence-electron chi connectivity index (χ4n) is 1.98. The number of rotatable bonds is 2. The van der Waals surface area contributed by atoms with E-state index in [1.807, 2.05) is 0 Å². The second kappa shape index (κ2) is 5.03. The van der Waals surface area contributed by atoms with E-state index in [0.717, 1.165) is 19.3 Å². The maximum Gasteiger partial charge on any atom is 0.260 e. The molecule has 0 unspecified atom stereocenters. The summed E-state index contributed by atoms with van der Waals surface area (Å²) >= 11 is 0. The SMILES string of the molecule is N=C(c1cccnc1N)S(=O)(=O)N1CCCCC1. The molecule has 0 radical (unpaired) electrons. The van der Waals surface area contributed by atoms with E-state index in [9.17, 15) is 8.42 Å². The average molecular weight is 268 g/mol. The summed E-state index contributed by atoms with van der Waals surface area (Å²) in [5, 5.41) is 7.40. The van der Waals surface area contributed by atoms with Gasteiger partial charge in [0.2, 0.25) is 0 Å². The van der Waals surface area contributed by atoms with Crippen LogP contribution in [0.1, 0.15) is 24.8 Å². The minimum Gasteiger partial charge on any atom is -0.383 e. The Kier molecular flexibility index (Phi) is 3.63. The number of piperidine rings is 1. The van der Waals surface area contributed by atoms with E-state index >= 15 is 0 Å². The summed E-state index contributed by atoms with van der Waals surface area (Å²) in [5.41, 5.74) is 5.78. The van der Waals surface area contributed by atoms with E-state index in [-0.39, 0.29) is 11.4 Å². The minimum absolute atomic E-state index is 0.0723. The molecule has 98 valence electrons. The summed E-state index contributed by atoms with van der Waals surface area (Å²) in [6.45, 7) is 0.954. The van der Waals surface area contributed by atoms with Gasteiger partial charge in [0.1, 0.15) is 5.82 Å². The predicted molar refractivity (Wildman–Crippen MR) is 69.8 cm³/mol. The van der Waals surface area contributed by atoms with Crippen molar-refractivity contribution in [1.29, 1.82) is 5.41 Å². The van der Waals surface area contributed by atoms with Crippen molar-refractivity contribution in [3.8, 4) is 0 Å². The topological polar surface area (TPSA) is 100 Å². The summed E-state index contributed by atoms with van der Waals surface area (Å²) in [6.07, 6.45) is 4.19. The second-order valence-corrected chi connectivity index (χ2v) is 6.10. The molecule has 7 heteroatoms. The van der Waals surface area contributed by atoms with E-state index in [4.69, 9.17) is 11.1 Å². The number of aromatic nitrogens is 1. The van der Waals surface area contributed by atoms with Crippen molar-refractivity contribution < 1.29 is 8.42 Å². The number of nitrogens with zero attached hydrogens (tertiary/aromatic N) is 2. The Morgan fingerprint density at radius 2 is 2.00 bits per heavy atom. The molecule has 1 saturated heterocycles. The molecule has 2 heterocycles. The molecule has 0 aliphatic carbocycles. The number of nitrogens with one attached hydrogen (secondary N) is 1. The molecule has 0 spiro atoms. The van der Waals surface area contributed by atoms with Crippen molar-refractivity contribution in [2.45, 2.75) is 19.3 Å². The standard InChI is InChI=1S/C11H16N4O2S/c12-10-9(5-4-6-14-10)11(13)18(16,17)15-7-2-1-3-8-15/h4-6,13H,1-3,7-8H2,(H2,12,14). The molecule has 1 aromatic heterocycles. The molecule has 3 N–H and O–H groups in total. The smallest absolute Gasteiger partial charge is 0.260 e. The fourth-order valence-corrected chi connectivity index (χ4v) is 3.43. The van der Waals surface area contributed by atoms with Crippen molar-refractivity contribution in [2.75, 3.05) is 18.8 Å². The van der Waals surface area contributed by atoms with Crippen molar-refractivity contribution in [3.63, 3.8) is 0 Å². The lowest BCUT2D eigenvalue weighted by atomic mass is 10.2. The highest BCUT2D eigenvalue weighted by molar-refractivity contribution is 8.04. The van der Waals surface area contributed by atoms with Gasteiger partial charge >= 0.3 is 0 Å². The summed E-state index contributed by atoms with van der Waals surface area (Å²) in [5.74, 6) is 0.0723. The van der Waals surface area contributed by atoms with Crippen LogP contribution in [0.25, 0.3) is 0 Å². The van der Waals surface area contributed by atoms with Gasteiger partial charge in [-0.05, 0) is 25.0 Å². The largest absolute Gasteiger partial charge is 0.383 e. The maximum atomic E-state index is 12.3. The first-order chi connectivity index (χ1) is 8.53. The first-order valence-electron chi connectivity index (χ1n) is 5.83. The quantitative estimate of drug-likeness (QED) is 0.612. The number of nitrogen functional groups attached to an aromatic ring is 1. The van der Waals surface area contributed by atoms with Crippen LogP contribution in [-0.4, -0.2) is 35.8 Å². The molecular formula is C11H16N4O2S. The Bertz CT molecular complexity index is 550. The van der Waals surface area contributed by atoms with Crippen LogP contribution in [0.2, 0.25) is 0 Å². The van der Waals surface area contributed by atoms with Gasteiger partial charge in [0.05, 0.1) is 5.56 Å². The highest BCUT2D eigenvalue weighted by Gasteiger charge is 2.30. The van der Waals surface area contributed by atoms with Gasteiger partial charge in [0, 0.05) is 19.3 Å². The van der Waals surface area contributed by atoms with Crippen molar-refractivity contribution in [2.24, 2.45) is 0 Å². The summed E-state index contributed by atoms with van der Waals surface area (Å²) in [4.78, 5) is 3.81. The molecule has 6 nitrogen and oxygen atoms in total. The lowest BCUT2D eigenvalue weighted by Gasteiger charge is -2.26. The lowest BCUT2D eigenvalue weighted by Crippen LogP contribution is -2.40. The third kappa shape index (κ3) is 2.37. The van der Waals surface area contributed by atoms with E-state index < -0.39 is 15.1 Å². The number of pyridine rings is 1. The Morgan fingerprint density at radius 3 is 2.61 bits per heavy atom. The molecule has 1 aromatic rings. The van der Waals surface area contributed by atoms with E-state index in [2.05, 4.69) is 4.98 Å². The van der Waals surface area contributed by atoms with Crippen molar-refractivity contribution in [3.05, 3.63) is 23.9 Å². The summed E-state index contributed by atoms with van der Waals surface area (Å²) in [7, 11) is -3.74. The van der Waals surface area contributed by atoms with E-state index in [1.54, 1.807) is 6.07 Å². The highest BCUT2D eigenvalue weighted by Crippen LogP contribution is 2.19. The van der Waals surface area contributed by atoms with Crippen molar-refractivity contribution >= 4 is 20.9 Å². The molecule has 2 rings (SSSR count). The van der Waals surface area contributed by atoms with Crippen LogP contribution >= 0.6 is 0 Å². The van der Waals surface area contributed by atoms with Crippen LogP contribution in [0.4, 0.5) is 5.82 Å². The molecule has 1 fully saturated rings. The van der Waals surface area contributed by atoms with Gasteiger partial charge in [-0.1, -0.05) is 6.42 Å². The van der Waals surface area contributed by atoms with Crippen LogP contribution < -0.4 is 5.73 Å². The van der Waals surface area contributed by atoms with Crippen LogP contribution in [0.3, 0.4) is 0 Å². The Balaban J connectivity index is 2.30. The van der Waals surface area contributed by atoms with Gasteiger partial charge < -0.3 is 5.73 Å². The molecule has 0 saturated carbocycles. The molecule has 1 aliphatic rings. The zero-order chi connectivity index (χ0) is 13.2. The number of sulfonamides is 1. The van der Waals surface area contributed by atoms with Crippen LogP contribution in [0.5, 0.6) is 0 Å². The lowest BCUT2D eigenvalue weighted by molar-refractivity contribution is 0.352. The predicted octanol–water partition coefficient (Wildman–Crippen LogP) is 0.805. The monoisotopic (exact) mass is 268 g/mol. The zero-order valence-electron chi connectivity index (χ0n) is 9.96. The summed E-state index contributed by atoms with van der Waals surface area (Å²) in [6, 6.07) is 3.08. The van der Waals surface area contributed by atoms with E-state index in [0.29, 0.717) is 13.1 Å². The maximum absolute atomic E-state index is 12.3. The zero-order valence-corrected chi connectivity index (χ0v) is 10.8. The number of hydrogen-bond acceptors (Lipinski definition) is 5. The fraction of sp³-hybridized carbons (Fsp3) is 0.455. The first-order valence-corrected chi connectivity index (χ1v) is 7.27. The Hall–Kier alpha value is -1.47. The highest BCUT2D eigenvalue weighted by atomic mass is 32.2.